The Kier molecular flexibility index (Phi) is 3.39. The van der Waals surface area contributed by atoms with E-state index in [-0.39, 0.29) is 18.5 Å². The largest absolute Gasteiger partial charge is 0.497 e. The molecule has 3 amide bonds. The second-order valence-corrected chi connectivity index (χ2v) is 5.41. The number of urea groups is 1. The number of benzene rings is 1. The van der Waals surface area contributed by atoms with Crippen LogP contribution in [0.25, 0.3) is 0 Å². The lowest BCUT2D eigenvalue weighted by Gasteiger charge is -2.26. The summed E-state index contributed by atoms with van der Waals surface area (Å²) < 4.78 is 11.1. The Balaban J connectivity index is 2.01. The van der Waals surface area contributed by atoms with Gasteiger partial charge >= 0.3 is 6.03 Å². The van der Waals surface area contributed by atoms with E-state index >= 15 is 0 Å². The van der Waals surface area contributed by atoms with Gasteiger partial charge in [-0.25, -0.2) is 9.69 Å². The molecule has 2 heterocycles. The fourth-order valence-electron chi connectivity index (χ4n) is 2.42. The molecule has 0 aromatic heterocycles. The molecule has 1 aromatic carbocycles. The highest BCUT2D eigenvalue weighted by molar-refractivity contribution is 9.10. The number of imide groups is 1. The number of halogens is 1. The van der Waals surface area contributed by atoms with Crippen molar-refractivity contribution in [3.8, 4) is 5.75 Å². The lowest BCUT2D eigenvalue weighted by Crippen LogP contribution is -2.45. The number of ether oxygens (including phenoxy) is 2. The number of morpholine rings is 1. The van der Waals surface area contributed by atoms with Crippen molar-refractivity contribution in [2.24, 2.45) is 0 Å². The molecule has 0 bridgehead atoms. The minimum Gasteiger partial charge on any atom is -0.497 e. The molecular formula is C13H13BrN2O4. The van der Waals surface area contributed by atoms with E-state index in [1.54, 1.807) is 23.1 Å². The molecule has 0 saturated carbocycles. The molecule has 2 aliphatic heterocycles. The van der Waals surface area contributed by atoms with Crippen LogP contribution >= 0.6 is 15.9 Å². The zero-order chi connectivity index (χ0) is 14.3. The Morgan fingerprint density at radius 2 is 2.20 bits per heavy atom. The molecule has 106 valence electrons. The molecule has 0 aliphatic carbocycles. The van der Waals surface area contributed by atoms with E-state index in [1.165, 1.54) is 12.0 Å². The lowest BCUT2D eigenvalue weighted by molar-refractivity contribution is -0.123. The van der Waals surface area contributed by atoms with Crippen LogP contribution in [0.3, 0.4) is 0 Å². The molecule has 3 rings (SSSR count). The first kappa shape index (κ1) is 13.4. The van der Waals surface area contributed by atoms with Gasteiger partial charge in [0.2, 0.25) is 0 Å². The minimum absolute atomic E-state index is 0.253. The molecule has 2 aliphatic rings. The maximum absolute atomic E-state index is 12.4. The molecule has 7 heteroatoms. The quantitative estimate of drug-likeness (QED) is 0.767. The summed E-state index contributed by atoms with van der Waals surface area (Å²) in [4.78, 5) is 27.6. The van der Waals surface area contributed by atoms with Crippen LogP contribution < -0.4 is 9.64 Å². The molecule has 1 aromatic rings. The third-order valence-electron chi connectivity index (χ3n) is 3.47. The first-order chi connectivity index (χ1) is 9.63. The van der Waals surface area contributed by atoms with Crippen LogP contribution in [-0.2, 0) is 9.53 Å². The van der Waals surface area contributed by atoms with Crippen molar-refractivity contribution in [1.82, 2.24) is 4.90 Å². The van der Waals surface area contributed by atoms with Gasteiger partial charge < -0.3 is 14.4 Å². The first-order valence-electron chi connectivity index (χ1n) is 6.19. The Morgan fingerprint density at radius 1 is 1.40 bits per heavy atom. The van der Waals surface area contributed by atoms with Gasteiger partial charge in [0.25, 0.3) is 5.91 Å². The van der Waals surface area contributed by atoms with Crippen LogP contribution in [0.5, 0.6) is 5.75 Å². The predicted molar refractivity (Wildman–Crippen MR) is 74.9 cm³/mol. The number of fused-ring (bicyclic) bond motifs is 1. The summed E-state index contributed by atoms with van der Waals surface area (Å²) in [5, 5.41) is 0. The maximum Gasteiger partial charge on any atom is 0.332 e. The molecule has 20 heavy (non-hydrogen) atoms. The molecule has 6 nitrogen and oxygen atoms in total. The SMILES string of the molecule is COc1ccc(Br)c(N2C(=O)C3COCCN3C2=O)c1. The zero-order valence-electron chi connectivity index (χ0n) is 10.8. The van der Waals surface area contributed by atoms with Gasteiger partial charge in [0.05, 0.1) is 26.0 Å². The van der Waals surface area contributed by atoms with Crippen molar-refractivity contribution in [3.05, 3.63) is 22.7 Å². The summed E-state index contributed by atoms with van der Waals surface area (Å²) in [6, 6.07) is 4.35. The van der Waals surface area contributed by atoms with Gasteiger partial charge in [-0.1, -0.05) is 0 Å². The number of carbonyl (C=O) groups excluding carboxylic acids is 2. The zero-order valence-corrected chi connectivity index (χ0v) is 12.4. The molecule has 2 saturated heterocycles. The summed E-state index contributed by atoms with van der Waals surface area (Å²) in [6.07, 6.45) is 0. The third kappa shape index (κ3) is 1.97. The van der Waals surface area contributed by atoms with E-state index in [0.717, 1.165) is 0 Å². The van der Waals surface area contributed by atoms with Gasteiger partial charge in [-0.3, -0.25) is 4.79 Å². The lowest BCUT2D eigenvalue weighted by atomic mass is 10.2. The monoisotopic (exact) mass is 340 g/mol. The van der Waals surface area contributed by atoms with Crippen molar-refractivity contribution in [3.63, 3.8) is 0 Å². The van der Waals surface area contributed by atoms with Gasteiger partial charge in [0.1, 0.15) is 11.8 Å². The fourth-order valence-corrected chi connectivity index (χ4v) is 2.85. The molecule has 0 radical (unpaired) electrons. The van der Waals surface area contributed by atoms with Gasteiger partial charge in [-0.15, -0.1) is 0 Å². The highest BCUT2D eigenvalue weighted by Crippen LogP contribution is 2.35. The summed E-state index contributed by atoms with van der Waals surface area (Å²) in [6.45, 7) is 1.15. The highest BCUT2D eigenvalue weighted by atomic mass is 79.9. The van der Waals surface area contributed by atoms with Gasteiger partial charge in [0.15, 0.2) is 0 Å². The van der Waals surface area contributed by atoms with Gasteiger partial charge in [0, 0.05) is 17.1 Å². The molecule has 2 fully saturated rings. The number of anilines is 1. The van der Waals surface area contributed by atoms with E-state index in [9.17, 15) is 9.59 Å². The fraction of sp³-hybridized carbons (Fsp3) is 0.385. The first-order valence-corrected chi connectivity index (χ1v) is 6.98. The topological polar surface area (TPSA) is 59.1 Å². The van der Waals surface area contributed by atoms with Crippen LogP contribution in [0, 0.1) is 0 Å². The van der Waals surface area contributed by atoms with Crippen molar-refractivity contribution in [2.45, 2.75) is 6.04 Å². The predicted octanol–water partition coefficient (Wildman–Crippen LogP) is 1.63. The Morgan fingerprint density at radius 3 is 2.90 bits per heavy atom. The van der Waals surface area contributed by atoms with Crippen molar-refractivity contribution in [1.29, 1.82) is 0 Å². The Bertz CT molecular complexity index is 553. The van der Waals surface area contributed by atoms with Crippen LogP contribution in [0.2, 0.25) is 0 Å². The van der Waals surface area contributed by atoms with Crippen LogP contribution in [-0.4, -0.2) is 49.7 Å². The summed E-state index contributed by atoms with van der Waals surface area (Å²) in [5.41, 5.74) is 0.494. The second-order valence-electron chi connectivity index (χ2n) is 4.56. The number of nitrogens with zero attached hydrogens (tertiary/aromatic N) is 2. The molecular weight excluding hydrogens is 328 g/mol. The summed E-state index contributed by atoms with van der Waals surface area (Å²) >= 11 is 3.37. The standard InChI is InChI=1S/C13H13BrN2O4/c1-19-8-2-3-9(14)10(6-8)16-12(17)11-7-20-5-4-15(11)13(16)18/h2-3,6,11H,4-5,7H2,1H3. The Labute approximate surface area is 124 Å². The summed E-state index contributed by atoms with van der Waals surface area (Å²) in [5.74, 6) is 0.327. The van der Waals surface area contributed by atoms with Crippen molar-refractivity contribution < 1.29 is 19.1 Å². The number of hydrogen-bond acceptors (Lipinski definition) is 4. The smallest absolute Gasteiger partial charge is 0.332 e. The Hall–Kier alpha value is -1.60. The average molecular weight is 341 g/mol. The number of carbonyl (C=O) groups is 2. The van der Waals surface area contributed by atoms with Crippen LogP contribution in [0.15, 0.2) is 22.7 Å². The van der Waals surface area contributed by atoms with E-state index in [4.69, 9.17) is 9.47 Å². The van der Waals surface area contributed by atoms with E-state index in [1.807, 2.05) is 0 Å². The number of amides is 3. The van der Waals surface area contributed by atoms with Crippen LogP contribution in [0.4, 0.5) is 10.5 Å². The second kappa shape index (κ2) is 5.06. The van der Waals surface area contributed by atoms with E-state index in [0.29, 0.717) is 29.1 Å². The van der Waals surface area contributed by atoms with E-state index in [2.05, 4.69) is 15.9 Å². The summed E-state index contributed by atoms with van der Waals surface area (Å²) in [7, 11) is 1.54. The normalized spacial score (nSPS) is 22.2. The number of methoxy groups -OCH3 is 1. The maximum atomic E-state index is 12.4. The average Bonchev–Trinajstić information content (AvgIpc) is 2.72. The van der Waals surface area contributed by atoms with Gasteiger partial charge in [-0.05, 0) is 28.1 Å². The molecule has 0 N–H and O–H groups in total. The minimum atomic E-state index is -0.519. The van der Waals surface area contributed by atoms with Crippen molar-refractivity contribution in [2.75, 3.05) is 31.8 Å². The number of hydrogen-bond donors (Lipinski definition) is 0. The number of rotatable bonds is 2. The van der Waals surface area contributed by atoms with E-state index < -0.39 is 6.04 Å². The molecule has 1 unspecified atom stereocenters. The molecule has 0 spiro atoms. The van der Waals surface area contributed by atoms with Gasteiger partial charge in [-0.2, -0.15) is 0 Å². The molecule has 1 atom stereocenters. The van der Waals surface area contributed by atoms with Crippen molar-refractivity contribution >= 4 is 33.6 Å². The highest BCUT2D eigenvalue weighted by Gasteiger charge is 2.47. The third-order valence-corrected chi connectivity index (χ3v) is 4.14. The van der Waals surface area contributed by atoms with Crippen LogP contribution in [0.1, 0.15) is 0 Å².